The van der Waals surface area contributed by atoms with Gasteiger partial charge in [0.15, 0.2) is 5.82 Å². The Bertz CT molecular complexity index is 1190. The van der Waals surface area contributed by atoms with Crippen molar-refractivity contribution in [2.24, 2.45) is 0 Å². The van der Waals surface area contributed by atoms with Crippen molar-refractivity contribution in [1.29, 1.82) is 0 Å². The third kappa shape index (κ3) is 5.75. The fraction of sp³-hybridized carbons (Fsp3) is 0.0833. The monoisotopic (exact) mass is 495 g/mol. The summed E-state index contributed by atoms with van der Waals surface area (Å²) in [5, 5.41) is 7.92. The Balaban J connectivity index is 1.33. The zero-order chi connectivity index (χ0) is 21.6. The Morgan fingerprint density at radius 1 is 1.00 bits per heavy atom. The Labute approximate surface area is 193 Å². The molecule has 0 saturated carbocycles. The summed E-state index contributed by atoms with van der Waals surface area (Å²) < 4.78 is 8.47. The van der Waals surface area contributed by atoms with Crippen LogP contribution in [0.2, 0.25) is 5.02 Å². The molecule has 0 aliphatic heterocycles. The van der Waals surface area contributed by atoms with Gasteiger partial charge in [-0.3, -0.25) is 9.48 Å². The molecule has 0 aliphatic rings. The average Bonchev–Trinajstić information content (AvgIpc) is 3.20. The van der Waals surface area contributed by atoms with Crippen LogP contribution >= 0.6 is 27.5 Å². The molecule has 0 unspecified atom stereocenters. The number of halogens is 2. The van der Waals surface area contributed by atoms with E-state index in [4.69, 9.17) is 16.3 Å². The molecule has 0 atom stereocenters. The molecule has 1 N–H and O–H groups in total. The number of aromatic nitrogens is 2. The zero-order valence-electron chi connectivity index (χ0n) is 16.5. The van der Waals surface area contributed by atoms with Crippen molar-refractivity contribution >= 4 is 39.3 Å². The minimum Gasteiger partial charge on any atom is -0.488 e. The number of hydrogen-bond donors (Lipinski definition) is 1. The molecule has 1 amide bonds. The van der Waals surface area contributed by atoms with Gasteiger partial charge in [0.2, 0.25) is 0 Å². The summed E-state index contributed by atoms with van der Waals surface area (Å²) in [6, 6.07) is 24.4. The van der Waals surface area contributed by atoms with Crippen molar-refractivity contribution in [2.75, 3.05) is 5.32 Å². The predicted octanol–water partition coefficient (Wildman–Crippen LogP) is 6.18. The van der Waals surface area contributed by atoms with Crippen LogP contribution in [-0.2, 0) is 13.2 Å². The van der Waals surface area contributed by atoms with Gasteiger partial charge in [-0.2, -0.15) is 5.10 Å². The zero-order valence-corrected chi connectivity index (χ0v) is 18.8. The Morgan fingerprint density at radius 2 is 1.81 bits per heavy atom. The molecule has 156 valence electrons. The molecular weight excluding hydrogens is 478 g/mol. The fourth-order valence-corrected chi connectivity index (χ4v) is 3.61. The largest absolute Gasteiger partial charge is 0.488 e. The highest BCUT2D eigenvalue weighted by Gasteiger charge is 2.09. The second-order valence-electron chi connectivity index (χ2n) is 6.90. The number of para-hydroxylation sites is 1. The summed E-state index contributed by atoms with van der Waals surface area (Å²) in [4.78, 5) is 12.5. The maximum atomic E-state index is 12.5. The molecular formula is C24H19BrClN3O2. The van der Waals surface area contributed by atoms with Crippen LogP contribution in [0.4, 0.5) is 5.82 Å². The molecule has 1 heterocycles. The van der Waals surface area contributed by atoms with Crippen molar-refractivity contribution in [1.82, 2.24) is 9.78 Å². The fourth-order valence-electron chi connectivity index (χ4n) is 3.00. The second-order valence-corrected chi connectivity index (χ2v) is 8.19. The SMILES string of the molecule is O=C(Nc1ccn(Cc2cccc(Cl)c2)n1)c1ccc(COc2ccccc2Br)cc1. The third-order valence-corrected chi connectivity index (χ3v) is 5.45. The smallest absolute Gasteiger partial charge is 0.256 e. The quantitative estimate of drug-likeness (QED) is 0.332. The summed E-state index contributed by atoms with van der Waals surface area (Å²) >= 11 is 9.49. The van der Waals surface area contributed by atoms with E-state index < -0.39 is 0 Å². The van der Waals surface area contributed by atoms with Crippen LogP contribution < -0.4 is 10.1 Å². The van der Waals surface area contributed by atoms with Crippen LogP contribution in [0.1, 0.15) is 21.5 Å². The lowest BCUT2D eigenvalue weighted by Crippen LogP contribution is -2.13. The Hall–Kier alpha value is -3.09. The van der Waals surface area contributed by atoms with Crippen LogP contribution in [-0.4, -0.2) is 15.7 Å². The minimum absolute atomic E-state index is 0.216. The van der Waals surface area contributed by atoms with E-state index in [1.807, 2.05) is 66.9 Å². The van der Waals surface area contributed by atoms with Gasteiger partial charge in [-0.25, -0.2) is 0 Å². The molecule has 0 radical (unpaired) electrons. The van der Waals surface area contributed by atoms with Crippen LogP contribution in [0.5, 0.6) is 5.75 Å². The number of anilines is 1. The van der Waals surface area contributed by atoms with Gasteiger partial charge in [0.25, 0.3) is 5.91 Å². The molecule has 5 nitrogen and oxygen atoms in total. The molecule has 7 heteroatoms. The van der Waals surface area contributed by atoms with Crippen LogP contribution in [0.15, 0.2) is 89.5 Å². The predicted molar refractivity (Wildman–Crippen MR) is 126 cm³/mol. The van der Waals surface area contributed by atoms with Gasteiger partial charge in [0.05, 0.1) is 11.0 Å². The minimum atomic E-state index is -0.216. The van der Waals surface area contributed by atoms with E-state index in [0.29, 0.717) is 29.6 Å². The summed E-state index contributed by atoms with van der Waals surface area (Å²) in [6.45, 7) is 0.987. The summed E-state index contributed by atoms with van der Waals surface area (Å²) in [6.07, 6.45) is 1.82. The number of carbonyl (C=O) groups excluding carboxylic acids is 1. The molecule has 4 aromatic rings. The first-order valence-corrected chi connectivity index (χ1v) is 10.8. The van der Waals surface area contributed by atoms with Gasteiger partial charge >= 0.3 is 0 Å². The van der Waals surface area contributed by atoms with Crippen molar-refractivity contribution < 1.29 is 9.53 Å². The second kappa shape index (κ2) is 9.81. The molecule has 0 aliphatic carbocycles. The first-order valence-electron chi connectivity index (χ1n) is 9.62. The van der Waals surface area contributed by atoms with Crippen molar-refractivity contribution in [3.8, 4) is 5.75 Å². The number of carbonyl (C=O) groups is 1. The molecule has 1 aromatic heterocycles. The number of nitrogens with zero attached hydrogens (tertiary/aromatic N) is 2. The number of nitrogens with one attached hydrogen (secondary N) is 1. The van der Waals surface area contributed by atoms with Crippen LogP contribution in [0.3, 0.4) is 0 Å². The van der Waals surface area contributed by atoms with E-state index in [1.165, 1.54) is 0 Å². The standard InChI is InChI=1S/C24H19BrClN3O2/c25-21-6-1-2-7-22(21)31-16-17-8-10-19(11-9-17)24(30)27-23-12-13-29(28-23)15-18-4-3-5-20(26)14-18/h1-14H,15-16H2,(H,27,28,30). The molecule has 0 bridgehead atoms. The van der Waals surface area contributed by atoms with Crippen molar-refractivity contribution in [2.45, 2.75) is 13.2 Å². The molecule has 0 spiro atoms. The first-order chi connectivity index (χ1) is 15.1. The summed E-state index contributed by atoms with van der Waals surface area (Å²) in [5.74, 6) is 1.05. The van der Waals surface area contributed by atoms with Crippen molar-refractivity contribution in [3.63, 3.8) is 0 Å². The van der Waals surface area contributed by atoms with E-state index in [2.05, 4.69) is 26.3 Å². The van der Waals surface area contributed by atoms with Crippen LogP contribution in [0, 0.1) is 0 Å². The number of hydrogen-bond acceptors (Lipinski definition) is 3. The average molecular weight is 497 g/mol. The maximum absolute atomic E-state index is 12.5. The lowest BCUT2D eigenvalue weighted by Gasteiger charge is -2.08. The first kappa shape index (κ1) is 21.2. The highest BCUT2D eigenvalue weighted by molar-refractivity contribution is 9.10. The summed E-state index contributed by atoms with van der Waals surface area (Å²) in [5.41, 5.74) is 2.56. The van der Waals surface area contributed by atoms with E-state index in [1.54, 1.807) is 22.9 Å². The molecule has 4 rings (SSSR count). The van der Waals surface area contributed by atoms with Gasteiger partial charge in [-0.05, 0) is 63.5 Å². The van der Waals surface area contributed by atoms with Crippen LogP contribution in [0.25, 0.3) is 0 Å². The van der Waals surface area contributed by atoms with Gasteiger partial charge in [-0.15, -0.1) is 0 Å². The normalized spacial score (nSPS) is 10.6. The number of benzene rings is 3. The van der Waals surface area contributed by atoms with E-state index in [-0.39, 0.29) is 5.91 Å². The molecule has 31 heavy (non-hydrogen) atoms. The summed E-state index contributed by atoms with van der Waals surface area (Å²) in [7, 11) is 0. The Morgan fingerprint density at radius 3 is 2.58 bits per heavy atom. The lowest BCUT2D eigenvalue weighted by molar-refractivity contribution is 0.102. The Kier molecular flexibility index (Phi) is 6.70. The van der Waals surface area contributed by atoms with Gasteiger partial charge < -0.3 is 10.1 Å². The van der Waals surface area contributed by atoms with E-state index >= 15 is 0 Å². The molecule has 0 fully saturated rings. The number of amides is 1. The maximum Gasteiger partial charge on any atom is 0.256 e. The van der Waals surface area contributed by atoms with Gasteiger partial charge in [-0.1, -0.05) is 48.0 Å². The van der Waals surface area contributed by atoms with Gasteiger partial charge in [0, 0.05) is 22.8 Å². The molecule has 3 aromatic carbocycles. The van der Waals surface area contributed by atoms with E-state index in [0.717, 1.165) is 21.3 Å². The van der Waals surface area contributed by atoms with Crippen molar-refractivity contribution in [3.05, 3.63) is 111 Å². The number of ether oxygens (including phenoxy) is 1. The third-order valence-electron chi connectivity index (χ3n) is 4.56. The highest BCUT2D eigenvalue weighted by atomic mass is 79.9. The highest BCUT2D eigenvalue weighted by Crippen LogP contribution is 2.24. The van der Waals surface area contributed by atoms with Gasteiger partial charge in [0.1, 0.15) is 12.4 Å². The molecule has 0 saturated heterocycles. The number of rotatable bonds is 7. The van der Waals surface area contributed by atoms with E-state index in [9.17, 15) is 4.79 Å². The lowest BCUT2D eigenvalue weighted by atomic mass is 10.1. The topological polar surface area (TPSA) is 56.2 Å².